The molecule has 0 aliphatic heterocycles. The average Bonchev–Trinajstić information content (AvgIpc) is 3.76. The molecule has 0 radical (unpaired) electrons. The first kappa shape index (κ1) is 36.2. The van der Waals surface area contributed by atoms with Crippen LogP contribution in [0.15, 0.2) is 241 Å². The summed E-state index contributed by atoms with van der Waals surface area (Å²) in [5.74, 6) is 0. The molecule has 2 heteroatoms. The maximum Gasteiger partial charge on any atom is 0.159 e. The molecule has 0 N–H and O–H groups in total. The van der Waals surface area contributed by atoms with Crippen LogP contribution in [0.1, 0.15) is 0 Å². The fourth-order valence-corrected chi connectivity index (χ4v) is 10.0. The van der Waals surface area contributed by atoms with Crippen LogP contribution in [0.3, 0.4) is 0 Å². The second-order valence-electron chi connectivity index (χ2n) is 16.9. The zero-order valence-electron chi connectivity index (χ0n) is 34.9. The maximum absolute atomic E-state index is 6.91. The Kier molecular flexibility index (Phi) is 8.25. The summed E-state index contributed by atoms with van der Waals surface area (Å²) >= 11 is 0. The number of hydrogen-bond donors (Lipinski definition) is 0. The summed E-state index contributed by atoms with van der Waals surface area (Å²) in [7, 11) is 0. The fraction of sp³-hybridized carbons (Fsp3) is 0. The first-order valence-corrected chi connectivity index (χ1v) is 22.0. The molecule has 1 aromatic heterocycles. The number of hydrogen-bond acceptors (Lipinski definition) is 2. The molecule has 0 unspecified atom stereocenters. The zero-order chi connectivity index (χ0) is 42.1. The molecule has 0 fully saturated rings. The van der Waals surface area contributed by atoms with E-state index in [1.165, 1.54) is 76.3 Å². The molecule has 13 aromatic rings. The number of benzene rings is 12. The summed E-state index contributed by atoms with van der Waals surface area (Å²) in [6, 6.07) is 86.1. The van der Waals surface area contributed by atoms with Gasteiger partial charge in [-0.3, -0.25) is 0 Å². The lowest BCUT2D eigenvalue weighted by atomic mass is 9.94. The average molecular weight is 814 g/mol. The predicted molar refractivity (Wildman–Crippen MR) is 272 cm³/mol. The Labute approximate surface area is 370 Å². The predicted octanol–water partition coefficient (Wildman–Crippen LogP) is 17.8. The molecule has 2 nitrogen and oxygen atoms in total. The normalized spacial score (nSPS) is 11.8. The van der Waals surface area contributed by atoms with Crippen LogP contribution in [-0.4, -0.2) is 0 Å². The molecule has 1 heterocycles. The molecule has 0 aliphatic carbocycles. The Morgan fingerprint density at radius 2 is 0.766 bits per heavy atom. The van der Waals surface area contributed by atoms with Gasteiger partial charge in [-0.25, -0.2) is 0 Å². The Morgan fingerprint density at radius 3 is 1.45 bits per heavy atom. The molecule has 13 rings (SSSR count). The van der Waals surface area contributed by atoms with Crippen molar-refractivity contribution in [3.8, 4) is 33.4 Å². The summed E-state index contributed by atoms with van der Waals surface area (Å²) in [5.41, 5.74) is 12.1. The van der Waals surface area contributed by atoms with Gasteiger partial charge in [0.25, 0.3) is 0 Å². The summed E-state index contributed by atoms with van der Waals surface area (Å²) in [6.07, 6.45) is 0. The van der Waals surface area contributed by atoms with Gasteiger partial charge >= 0.3 is 0 Å². The first-order chi connectivity index (χ1) is 31.7. The molecule has 0 saturated carbocycles. The molecule has 0 atom stereocenters. The molecule has 0 saturated heterocycles. The van der Waals surface area contributed by atoms with Crippen molar-refractivity contribution in [2.75, 3.05) is 4.90 Å². The largest absolute Gasteiger partial charge is 0.454 e. The fourth-order valence-electron chi connectivity index (χ4n) is 10.0. The van der Waals surface area contributed by atoms with E-state index in [9.17, 15) is 0 Å². The Morgan fingerprint density at radius 1 is 0.281 bits per heavy atom. The summed E-state index contributed by atoms with van der Waals surface area (Å²) < 4.78 is 6.91. The molecule has 64 heavy (non-hydrogen) atoms. The van der Waals surface area contributed by atoms with Gasteiger partial charge in [0.1, 0.15) is 5.58 Å². The number of para-hydroxylation sites is 1. The van der Waals surface area contributed by atoms with Crippen LogP contribution in [-0.2, 0) is 0 Å². The Hall–Kier alpha value is -8.46. The summed E-state index contributed by atoms with van der Waals surface area (Å²) in [6.45, 7) is 0. The maximum atomic E-state index is 6.91. The number of anilines is 3. The van der Waals surface area contributed by atoms with E-state index in [1.54, 1.807) is 0 Å². The standard InChI is InChI=1S/C62H39NO/c1-3-13-44-36-47(22-20-40(44)10-1)50-26-25-48-37-46(23-24-49(48)38-50)42-28-31-52(32-29-42)63(59-19-9-18-57-61-54-15-6-5-12-43(54)30-35-60(61)64-62(57)59)58-34-33-53(55-16-7-8-17-56(55)58)51-27-21-41-11-2-4-14-45(41)39-51/h1-39H. The second-order valence-corrected chi connectivity index (χ2v) is 16.9. The van der Waals surface area contributed by atoms with Crippen molar-refractivity contribution in [1.29, 1.82) is 0 Å². The molecular formula is C62H39NO. The van der Waals surface area contributed by atoms with Gasteiger partial charge < -0.3 is 9.32 Å². The third-order valence-corrected chi connectivity index (χ3v) is 13.2. The highest BCUT2D eigenvalue weighted by atomic mass is 16.3. The van der Waals surface area contributed by atoms with Gasteiger partial charge in [0.2, 0.25) is 0 Å². The molecule has 0 amide bonds. The third kappa shape index (κ3) is 5.95. The minimum Gasteiger partial charge on any atom is -0.454 e. The van der Waals surface area contributed by atoms with Gasteiger partial charge in [0.05, 0.1) is 11.4 Å². The van der Waals surface area contributed by atoms with Crippen LogP contribution in [0.5, 0.6) is 0 Å². The van der Waals surface area contributed by atoms with Crippen LogP contribution < -0.4 is 4.90 Å². The molecule has 0 bridgehead atoms. The van der Waals surface area contributed by atoms with Crippen LogP contribution in [0.2, 0.25) is 0 Å². The lowest BCUT2D eigenvalue weighted by Crippen LogP contribution is -2.11. The van der Waals surface area contributed by atoms with Crippen LogP contribution in [0.4, 0.5) is 17.1 Å². The number of fused-ring (bicyclic) bond motifs is 9. The van der Waals surface area contributed by atoms with E-state index in [2.05, 4.69) is 241 Å². The SMILES string of the molecule is c1ccc2cc(-c3ccc4cc(-c5ccc(N(c6ccc(-c7ccc8ccccc8c7)c7ccccc67)c6cccc7c6oc6ccc8ccccc8c67)cc5)ccc4c3)ccc2c1. The van der Waals surface area contributed by atoms with Crippen molar-refractivity contribution < 1.29 is 4.42 Å². The van der Waals surface area contributed by atoms with Crippen LogP contribution in [0, 0.1) is 0 Å². The van der Waals surface area contributed by atoms with E-state index in [1.807, 2.05) is 0 Å². The highest BCUT2D eigenvalue weighted by Crippen LogP contribution is 2.47. The van der Waals surface area contributed by atoms with Crippen molar-refractivity contribution in [3.63, 3.8) is 0 Å². The van der Waals surface area contributed by atoms with Gasteiger partial charge in [-0.2, -0.15) is 0 Å². The third-order valence-electron chi connectivity index (χ3n) is 13.2. The number of nitrogens with zero attached hydrogens (tertiary/aromatic N) is 1. The second kappa shape index (κ2) is 14.6. The van der Waals surface area contributed by atoms with Gasteiger partial charge in [-0.15, -0.1) is 0 Å². The summed E-state index contributed by atoms with van der Waals surface area (Å²) in [5, 5.41) is 14.4. The minimum absolute atomic E-state index is 0.859. The van der Waals surface area contributed by atoms with Crippen molar-refractivity contribution in [3.05, 3.63) is 237 Å². The molecule has 0 spiro atoms. The first-order valence-electron chi connectivity index (χ1n) is 22.0. The summed E-state index contributed by atoms with van der Waals surface area (Å²) in [4.78, 5) is 2.39. The Bertz CT molecular complexity index is 3970. The molecule has 12 aromatic carbocycles. The van der Waals surface area contributed by atoms with Crippen LogP contribution >= 0.6 is 0 Å². The highest BCUT2D eigenvalue weighted by Gasteiger charge is 2.23. The number of rotatable bonds is 6. The van der Waals surface area contributed by atoms with E-state index in [0.29, 0.717) is 0 Å². The highest BCUT2D eigenvalue weighted by molar-refractivity contribution is 6.21. The minimum atomic E-state index is 0.859. The monoisotopic (exact) mass is 813 g/mol. The smallest absolute Gasteiger partial charge is 0.159 e. The van der Waals surface area contributed by atoms with Gasteiger partial charge in [-0.05, 0) is 136 Å². The number of furan rings is 1. The van der Waals surface area contributed by atoms with Gasteiger partial charge in [0.15, 0.2) is 5.58 Å². The quantitative estimate of drug-likeness (QED) is 0.166. The zero-order valence-corrected chi connectivity index (χ0v) is 34.9. The van der Waals surface area contributed by atoms with E-state index in [4.69, 9.17) is 4.42 Å². The van der Waals surface area contributed by atoms with Crippen molar-refractivity contribution >= 4 is 92.9 Å². The van der Waals surface area contributed by atoms with E-state index in [0.717, 1.165) is 50.0 Å². The van der Waals surface area contributed by atoms with Gasteiger partial charge in [-0.1, -0.05) is 182 Å². The van der Waals surface area contributed by atoms with Crippen molar-refractivity contribution in [1.82, 2.24) is 0 Å². The van der Waals surface area contributed by atoms with E-state index < -0.39 is 0 Å². The topological polar surface area (TPSA) is 16.4 Å². The molecular weight excluding hydrogens is 775 g/mol. The van der Waals surface area contributed by atoms with E-state index in [-0.39, 0.29) is 0 Å². The van der Waals surface area contributed by atoms with Gasteiger partial charge in [0, 0.05) is 21.8 Å². The van der Waals surface area contributed by atoms with Crippen molar-refractivity contribution in [2.24, 2.45) is 0 Å². The van der Waals surface area contributed by atoms with Crippen LogP contribution in [0.25, 0.3) is 109 Å². The van der Waals surface area contributed by atoms with E-state index >= 15 is 0 Å². The Balaban J connectivity index is 0.946. The lowest BCUT2D eigenvalue weighted by Gasteiger charge is -2.28. The molecule has 0 aliphatic rings. The lowest BCUT2D eigenvalue weighted by molar-refractivity contribution is 0.669. The molecule has 298 valence electrons. The van der Waals surface area contributed by atoms with Crippen molar-refractivity contribution in [2.45, 2.75) is 0 Å².